The lowest BCUT2D eigenvalue weighted by Gasteiger charge is -2.18. The maximum atomic E-state index is 13.4. The molecule has 0 aromatic heterocycles. The van der Waals surface area contributed by atoms with Gasteiger partial charge in [-0.2, -0.15) is 13.2 Å². The molecule has 0 bridgehead atoms. The highest BCUT2D eigenvalue weighted by Gasteiger charge is 2.31. The molecule has 0 spiro atoms. The van der Waals surface area contributed by atoms with Gasteiger partial charge in [0, 0.05) is 6.04 Å². The van der Waals surface area contributed by atoms with Crippen LogP contribution in [0.4, 0.5) is 23.2 Å². The van der Waals surface area contributed by atoms with Gasteiger partial charge in [-0.05, 0) is 31.0 Å². The molecule has 1 aromatic rings. The van der Waals surface area contributed by atoms with Gasteiger partial charge >= 0.3 is 6.18 Å². The van der Waals surface area contributed by atoms with Crippen LogP contribution in [-0.4, -0.2) is 18.5 Å². The Kier molecular flexibility index (Phi) is 5.57. The molecule has 1 amide bonds. The van der Waals surface area contributed by atoms with E-state index in [0.717, 1.165) is 6.07 Å². The molecule has 0 fully saturated rings. The lowest BCUT2D eigenvalue weighted by molar-refractivity contribution is -0.137. The van der Waals surface area contributed by atoms with E-state index in [1.54, 1.807) is 0 Å². The second kappa shape index (κ2) is 6.78. The topological polar surface area (TPSA) is 41.1 Å². The van der Waals surface area contributed by atoms with Crippen LogP contribution in [0.2, 0.25) is 0 Å². The van der Waals surface area contributed by atoms with Crippen molar-refractivity contribution >= 4 is 11.6 Å². The number of amides is 1. The average Bonchev–Trinajstić information content (AvgIpc) is 2.36. The Labute approximate surface area is 120 Å². The second-order valence-corrected chi connectivity index (χ2v) is 5.15. The Balaban J connectivity index is 2.69. The quantitative estimate of drug-likeness (QED) is 0.819. The number of hydrogen-bond donors (Lipinski definition) is 2. The maximum absolute atomic E-state index is 13.4. The smallest absolute Gasteiger partial charge is 0.374 e. The number of alkyl halides is 3. The molecule has 0 aliphatic rings. The highest BCUT2D eigenvalue weighted by Crippen LogP contribution is 2.31. The van der Waals surface area contributed by atoms with Crippen molar-refractivity contribution in [1.82, 2.24) is 5.32 Å². The van der Waals surface area contributed by atoms with Gasteiger partial charge in [-0.3, -0.25) is 4.79 Å². The molecule has 118 valence electrons. The van der Waals surface area contributed by atoms with E-state index >= 15 is 0 Å². The van der Waals surface area contributed by atoms with Crippen LogP contribution < -0.4 is 10.6 Å². The summed E-state index contributed by atoms with van der Waals surface area (Å²) in [4.78, 5) is 11.6. The van der Waals surface area contributed by atoms with Crippen molar-refractivity contribution in [3.63, 3.8) is 0 Å². The third-order valence-electron chi connectivity index (χ3n) is 3.12. The number of anilines is 1. The Morgan fingerprint density at radius 1 is 1.24 bits per heavy atom. The van der Waals surface area contributed by atoms with Gasteiger partial charge in [-0.15, -0.1) is 0 Å². The van der Waals surface area contributed by atoms with Crippen molar-refractivity contribution in [2.45, 2.75) is 33.0 Å². The molecule has 1 rings (SSSR count). The maximum Gasteiger partial charge on any atom is 0.416 e. The molecule has 2 N–H and O–H groups in total. The number of hydrogen-bond acceptors (Lipinski definition) is 2. The number of nitrogens with one attached hydrogen (secondary N) is 2. The molecule has 7 heteroatoms. The van der Waals surface area contributed by atoms with Gasteiger partial charge < -0.3 is 10.6 Å². The van der Waals surface area contributed by atoms with Crippen LogP contribution in [0, 0.1) is 11.7 Å². The Morgan fingerprint density at radius 2 is 1.86 bits per heavy atom. The van der Waals surface area contributed by atoms with Crippen molar-refractivity contribution < 1.29 is 22.4 Å². The lowest BCUT2D eigenvalue weighted by Crippen LogP contribution is -2.39. The van der Waals surface area contributed by atoms with Crippen LogP contribution >= 0.6 is 0 Å². The van der Waals surface area contributed by atoms with Crippen molar-refractivity contribution in [2.75, 3.05) is 11.9 Å². The van der Waals surface area contributed by atoms with E-state index in [9.17, 15) is 22.4 Å². The standard InChI is InChI=1S/C14H18F4N2O/c1-8(2)9(3)20-13(21)7-19-12-6-10(14(16,17)18)4-5-11(12)15/h4-6,8-9,19H,7H2,1-3H3,(H,20,21). The first kappa shape index (κ1) is 17.3. The zero-order valence-electron chi connectivity index (χ0n) is 12.0. The van der Waals surface area contributed by atoms with Gasteiger partial charge in [0.25, 0.3) is 0 Å². The van der Waals surface area contributed by atoms with E-state index in [2.05, 4.69) is 10.6 Å². The molecule has 1 aromatic carbocycles. The summed E-state index contributed by atoms with van der Waals surface area (Å²) in [5.41, 5.74) is -1.32. The second-order valence-electron chi connectivity index (χ2n) is 5.15. The van der Waals surface area contributed by atoms with E-state index in [1.807, 2.05) is 20.8 Å². The van der Waals surface area contributed by atoms with Gasteiger partial charge in [0.1, 0.15) is 5.82 Å². The van der Waals surface area contributed by atoms with Crippen LogP contribution in [-0.2, 0) is 11.0 Å². The monoisotopic (exact) mass is 306 g/mol. The molecule has 0 aliphatic carbocycles. The highest BCUT2D eigenvalue weighted by molar-refractivity contribution is 5.81. The Bertz CT molecular complexity index is 500. The predicted molar refractivity (Wildman–Crippen MR) is 72.3 cm³/mol. The minimum atomic E-state index is -4.56. The lowest BCUT2D eigenvalue weighted by atomic mass is 10.1. The Morgan fingerprint density at radius 3 is 2.38 bits per heavy atom. The Hall–Kier alpha value is -1.79. The first-order valence-electron chi connectivity index (χ1n) is 6.51. The molecule has 3 nitrogen and oxygen atoms in total. The van der Waals surface area contributed by atoms with Crippen LogP contribution in [0.1, 0.15) is 26.3 Å². The highest BCUT2D eigenvalue weighted by atomic mass is 19.4. The summed E-state index contributed by atoms with van der Waals surface area (Å²) in [5.74, 6) is -1.03. The number of rotatable bonds is 5. The van der Waals surface area contributed by atoms with Gasteiger partial charge in [0.15, 0.2) is 0 Å². The van der Waals surface area contributed by atoms with Gasteiger partial charge in [0.05, 0.1) is 17.8 Å². The van der Waals surface area contributed by atoms with Crippen LogP contribution in [0.15, 0.2) is 18.2 Å². The SMILES string of the molecule is CC(C)C(C)NC(=O)CNc1cc(C(F)(F)F)ccc1F. The zero-order chi connectivity index (χ0) is 16.2. The van der Waals surface area contributed by atoms with E-state index < -0.39 is 23.5 Å². The fourth-order valence-electron chi connectivity index (χ4n) is 1.48. The summed E-state index contributed by atoms with van der Waals surface area (Å²) < 4.78 is 51.0. The zero-order valence-corrected chi connectivity index (χ0v) is 12.0. The summed E-state index contributed by atoms with van der Waals surface area (Å²) in [5, 5.41) is 5.05. The normalized spacial score (nSPS) is 13.1. The molecule has 1 atom stereocenters. The van der Waals surface area contributed by atoms with Crippen molar-refractivity contribution in [3.05, 3.63) is 29.6 Å². The number of benzene rings is 1. The molecule has 0 saturated heterocycles. The molecule has 0 radical (unpaired) electrons. The number of carbonyl (C=O) groups is 1. The molecular formula is C14H18F4N2O. The van der Waals surface area contributed by atoms with Gasteiger partial charge in [0.2, 0.25) is 5.91 Å². The summed E-state index contributed by atoms with van der Waals surface area (Å²) >= 11 is 0. The van der Waals surface area contributed by atoms with Crippen LogP contribution in [0.25, 0.3) is 0 Å². The predicted octanol–water partition coefficient (Wildman–Crippen LogP) is 3.42. The molecule has 21 heavy (non-hydrogen) atoms. The molecule has 0 saturated carbocycles. The number of carbonyl (C=O) groups excluding carboxylic acids is 1. The summed E-state index contributed by atoms with van der Waals surface area (Å²) in [6, 6.07) is 1.95. The molecule has 0 heterocycles. The molecule has 0 aliphatic heterocycles. The van der Waals surface area contributed by atoms with E-state index in [-0.39, 0.29) is 24.2 Å². The molecular weight excluding hydrogens is 288 g/mol. The van der Waals surface area contributed by atoms with Crippen molar-refractivity contribution in [3.8, 4) is 0 Å². The average molecular weight is 306 g/mol. The largest absolute Gasteiger partial charge is 0.416 e. The van der Waals surface area contributed by atoms with E-state index in [0.29, 0.717) is 12.1 Å². The van der Waals surface area contributed by atoms with Crippen LogP contribution in [0.5, 0.6) is 0 Å². The number of halogens is 4. The first-order valence-corrected chi connectivity index (χ1v) is 6.51. The van der Waals surface area contributed by atoms with E-state index in [4.69, 9.17) is 0 Å². The van der Waals surface area contributed by atoms with Crippen molar-refractivity contribution in [1.29, 1.82) is 0 Å². The minimum Gasteiger partial charge on any atom is -0.374 e. The summed E-state index contributed by atoms with van der Waals surface area (Å²) in [7, 11) is 0. The molecule has 1 unspecified atom stereocenters. The van der Waals surface area contributed by atoms with Gasteiger partial charge in [-0.1, -0.05) is 13.8 Å². The first-order chi connectivity index (χ1) is 9.61. The minimum absolute atomic E-state index is 0.0781. The fourth-order valence-corrected chi connectivity index (χ4v) is 1.48. The summed E-state index contributed by atoms with van der Waals surface area (Å²) in [6.45, 7) is 5.36. The third kappa shape index (κ3) is 5.24. The van der Waals surface area contributed by atoms with Gasteiger partial charge in [-0.25, -0.2) is 4.39 Å². The van der Waals surface area contributed by atoms with E-state index in [1.165, 1.54) is 0 Å². The fraction of sp³-hybridized carbons (Fsp3) is 0.500. The third-order valence-corrected chi connectivity index (χ3v) is 3.12. The van der Waals surface area contributed by atoms with Crippen LogP contribution in [0.3, 0.4) is 0 Å². The van der Waals surface area contributed by atoms with Crippen molar-refractivity contribution in [2.24, 2.45) is 5.92 Å². The summed E-state index contributed by atoms with van der Waals surface area (Å²) in [6.07, 6.45) is -4.56.